The highest BCUT2D eigenvalue weighted by atomic mass is 16.5. The van der Waals surface area contributed by atoms with Gasteiger partial charge in [-0.1, -0.05) is 30.3 Å². The molecule has 0 aliphatic heterocycles. The van der Waals surface area contributed by atoms with Gasteiger partial charge in [-0.2, -0.15) is 0 Å². The van der Waals surface area contributed by atoms with Crippen LogP contribution in [0.2, 0.25) is 0 Å². The van der Waals surface area contributed by atoms with Crippen molar-refractivity contribution in [2.45, 2.75) is 39.0 Å². The average molecular weight is 274 g/mol. The van der Waals surface area contributed by atoms with Crippen molar-refractivity contribution in [1.29, 1.82) is 0 Å². The van der Waals surface area contributed by atoms with Gasteiger partial charge in [-0.25, -0.2) is 4.98 Å². The number of aromatic nitrogens is 1. The molecule has 0 spiro atoms. The van der Waals surface area contributed by atoms with Gasteiger partial charge in [-0.15, -0.1) is 0 Å². The molecule has 1 heterocycles. The second-order valence-electron chi connectivity index (χ2n) is 5.79. The second-order valence-corrected chi connectivity index (χ2v) is 5.79. The largest absolute Gasteiger partial charge is 0.441 e. The fraction of sp³-hybridized carbons (Fsp3) is 0.438. The summed E-state index contributed by atoms with van der Waals surface area (Å²) in [5, 5.41) is 3.35. The maximum Gasteiger partial charge on any atom is 0.208 e. The minimum Gasteiger partial charge on any atom is -0.441 e. The molecular formula is C16H22N2O2. The molecule has 4 heteroatoms. The van der Waals surface area contributed by atoms with Gasteiger partial charge in [0.25, 0.3) is 0 Å². The maximum atomic E-state index is 5.79. The lowest BCUT2D eigenvalue weighted by atomic mass is 10.1. The van der Waals surface area contributed by atoms with E-state index in [0.29, 0.717) is 12.4 Å². The van der Waals surface area contributed by atoms with Gasteiger partial charge < -0.3 is 14.5 Å². The van der Waals surface area contributed by atoms with Crippen molar-refractivity contribution in [1.82, 2.24) is 10.3 Å². The molecule has 1 N–H and O–H groups in total. The summed E-state index contributed by atoms with van der Waals surface area (Å²) in [5.41, 5.74) is 1.09. The number of nitrogens with one attached hydrogen (secondary N) is 1. The molecule has 0 aliphatic carbocycles. The Hall–Kier alpha value is -1.65. The first-order chi connectivity index (χ1) is 9.49. The first-order valence-electron chi connectivity index (χ1n) is 6.77. The number of nitrogens with zero attached hydrogens (tertiary/aromatic N) is 1. The zero-order valence-corrected chi connectivity index (χ0v) is 12.5. The number of benzene rings is 1. The molecule has 0 fully saturated rings. The maximum absolute atomic E-state index is 5.79. The van der Waals surface area contributed by atoms with E-state index in [4.69, 9.17) is 9.15 Å². The number of hydrogen-bond acceptors (Lipinski definition) is 4. The standard InChI is InChI=1S/C16H22N2O2/c1-16(2,3)18-11-14-17-10-13(20-14)15(19-4)12-8-6-5-7-9-12/h5-10,15,18H,11H2,1-4H3. The number of ether oxygens (including phenoxy) is 1. The summed E-state index contributed by atoms with van der Waals surface area (Å²) in [4.78, 5) is 4.30. The Balaban J connectivity index is 2.11. The molecule has 20 heavy (non-hydrogen) atoms. The van der Waals surface area contributed by atoms with Crippen LogP contribution in [0.1, 0.15) is 44.1 Å². The lowest BCUT2D eigenvalue weighted by molar-refractivity contribution is 0.114. The van der Waals surface area contributed by atoms with Crippen molar-refractivity contribution in [3.05, 3.63) is 53.7 Å². The van der Waals surface area contributed by atoms with E-state index in [1.165, 1.54) is 0 Å². The molecule has 108 valence electrons. The predicted octanol–water partition coefficient (Wildman–Crippen LogP) is 3.30. The summed E-state index contributed by atoms with van der Waals surface area (Å²) in [6.45, 7) is 6.94. The Morgan fingerprint density at radius 1 is 1.25 bits per heavy atom. The number of oxazole rings is 1. The minimum absolute atomic E-state index is 0.0364. The van der Waals surface area contributed by atoms with Crippen LogP contribution in [0.15, 0.2) is 40.9 Å². The van der Waals surface area contributed by atoms with E-state index in [2.05, 4.69) is 31.1 Å². The fourth-order valence-electron chi connectivity index (χ4n) is 1.91. The molecule has 0 saturated heterocycles. The van der Waals surface area contributed by atoms with Crippen molar-refractivity contribution >= 4 is 0 Å². The van der Waals surface area contributed by atoms with Crippen LogP contribution in [0.4, 0.5) is 0 Å². The third-order valence-electron chi connectivity index (χ3n) is 2.94. The molecule has 0 aliphatic rings. The van der Waals surface area contributed by atoms with Crippen molar-refractivity contribution in [2.75, 3.05) is 7.11 Å². The number of rotatable bonds is 5. The lowest BCUT2D eigenvalue weighted by Gasteiger charge is -2.19. The topological polar surface area (TPSA) is 47.3 Å². The molecule has 0 bridgehead atoms. The predicted molar refractivity (Wildman–Crippen MR) is 78.4 cm³/mol. The third-order valence-corrected chi connectivity index (χ3v) is 2.94. The molecule has 0 radical (unpaired) electrons. The summed E-state index contributed by atoms with van der Waals surface area (Å²) in [5.74, 6) is 1.40. The van der Waals surface area contributed by atoms with Gasteiger partial charge in [0, 0.05) is 12.6 Å². The van der Waals surface area contributed by atoms with E-state index in [1.807, 2.05) is 30.3 Å². The summed E-state index contributed by atoms with van der Waals surface area (Å²) in [6.07, 6.45) is 1.52. The highest BCUT2D eigenvalue weighted by Gasteiger charge is 2.18. The van der Waals surface area contributed by atoms with E-state index < -0.39 is 0 Å². The Labute approximate surface area is 120 Å². The van der Waals surface area contributed by atoms with Crippen molar-refractivity contribution < 1.29 is 9.15 Å². The number of methoxy groups -OCH3 is 1. The van der Waals surface area contributed by atoms with Gasteiger partial charge >= 0.3 is 0 Å². The van der Waals surface area contributed by atoms with Crippen LogP contribution in [0.25, 0.3) is 0 Å². The van der Waals surface area contributed by atoms with Crippen LogP contribution in [-0.2, 0) is 11.3 Å². The molecule has 2 aromatic rings. The van der Waals surface area contributed by atoms with Crippen LogP contribution < -0.4 is 5.32 Å². The SMILES string of the molecule is COC(c1ccccc1)c1cnc(CNC(C)(C)C)o1. The van der Waals surface area contributed by atoms with Crippen LogP contribution >= 0.6 is 0 Å². The van der Waals surface area contributed by atoms with Gasteiger partial charge in [0.05, 0.1) is 12.7 Å². The zero-order valence-electron chi connectivity index (χ0n) is 12.5. The van der Waals surface area contributed by atoms with Crippen LogP contribution in [-0.4, -0.2) is 17.6 Å². The lowest BCUT2D eigenvalue weighted by Crippen LogP contribution is -2.35. The summed E-state index contributed by atoms with van der Waals surface area (Å²) in [7, 11) is 1.67. The Morgan fingerprint density at radius 3 is 2.55 bits per heavy atom. The summed E-state index contributed by atoms with van der Waals surface area (Å²) in [6, 6.07) is 9.99. The first kappa shape index (κ1) is 14.8. The Kier molecular flexibility index (Phi) is 4.57. The highest BCUT2D eigenvalue weighted by Crippen LogP contribution is 2.25. The molecule has 2 rings (SSSR count). The molecule has 1 atom stereocenters. The van der Waals surface area contributed by atoms with Gasteiger partial charge in [0.1, 0.15) is 6.10 Å². The molecule has 1 aromatic heterocycles. The first-order valence-corrected chi connectivity index (χ1v) is 6.77. The molecular weight excluding hydrogens is 252 g/mol. The highest BCUT2D eigenvalue weighted by molar-refractivity contribution is 5.23. The van der Waals surface area contributed by atoms with E-state index in [1.54, 1.807) is 13.3 Å². The molecule has 0 saturated carbocycles. The monoisotopic (exact) mass is 274 g/mol. The van der Waals surface area contributed by atoms with Crippen molar-refractivity contribution in [3.63, 3.8) is 0 Å². The van der Waals surface area contributed by atoms with Gasteiger partial charge in [-0.05, 0) is 26.3 Å². The summed E-state index contributed by atoms with van der Waals surface area (Å²) < 4.78 is 11.3. The molecule has 1 unspecified atom stereocenters. The van der Waals surface area contributed by atoms with Gasteiger partial charge in [-0.3, -0.25) is 0 Å². The zero-order chi connectivity index (χ0) is 14.6. The van der Waals surface area contributed by atoms with E-state index >= 15 is 0 Å². The molecule has 4 nitrogen and oxygen atoms in total. The van der Waals surface area contributed by atoms with E-state index in [-0.39, 0.29) is 11.6 Å². The van der Waals surface area contributed by atoms with Gasteiger partial charge in [0.2, 0.25) is 5.89 Å². The fourth-order valence-corrected chi connectivity index (χ4v) is 1.91. The van der Waals surface area contributed by atoms with Crippen molar-refractivity contribution in [2.24, 2.45) is 0 Å². The van der Waals surface area contributed by atoms with Gasteiger partial charge in [0.15, 0.2) is 5.76 Å². The van der Waals surface area contributed by atoms with Crippen molar-refractivity contribution in [3.8, 4) is 0 Å². The quantitative estimate of drug-likeness (QED) is 0.908. The molecule has 0 amide bonds. The Morgan fingerprint density at radius 2 is 1.95 bits per heavy atom. The Bertz CT molecular complexity index is 529. The smallest absolute Gasteiger partial charge is 0.208 e. The average Bonchev–Trinajstić information content (AvgIpc) is 2.87. The molecule has 1 aromatic carbocycles. The van der Waals surface area contributed by atoms with Crippen LogP contribution in [0, 0.1) is 0 Å². The normalized spacial score (nSPS) is 13.4. The van der Waals surface area contributed by atoms with Crippen LogP contribution in [0.5, 0.6) is 0 Å². The third kappa shape index (κ3) is 3.92. The van der Waals surface area contributed by atoms with E-state index in [0.717, 1.165) is 11.3 Å². The second kappa shape index (κ2) is 6.20. The number of hydrogen-bond donors (Lipinski definition) is 1. The summed E-state index contributed by atoms with van der Waals surface area (Å²) >= 11 is 0. The van der Waals surface area contributed by atoms with Crippen LogP contribution in [0.3, 0.4) is 0 Å². The minimum atomic E-state index is -0.216. The van der Waals surface area contributed by atoms with E-state index in [9.17, 15) is 0 Å².